The number of piperazine rings is 1. The van der Waals surface area contributed by atoms with E-state index in [1.165, 1.54) is 11.1 Å². The maximum atomic E-state index is 5.46. The molecule has 0 saturated carbocycles. The lowest BCUT2D eigenvalue weighted by Crippen LogP contribution is -2.52. The molecule has 0 radical (unpaired) electrons. The summed E-state index contributed by atoms with van der Waals surface area (Å²) < 4.78 is 10.8. The van der Waals surface area contributed by atoms with E-state index in [4.69, 9.17) is 9.47 Å². The monoisotopic (exact) mass is 278 g/mol. The Bertz CT molecular complexity index is 466. The first-order valence-corrected chi connectivity index (χ1v) is 7.19. The van der Waals surface area contributed by atoms with Gasteiger partial charge in [0.2, 0.25) is 0 Å². The van der Waals surface area contributed by atoms with Crippen molar-refractivity contribution in [2.24, 2.45) is 0 Å². The van der Waals surface area contributed by atoms with Gasteiger partial charge in [0.25, 0.3) is 0 Å². The highest BCUT2D eigenvalue weighted by molar-refractivity contribution is 5.49. The van der Waals surface area contributed by atoms with Gasteiger partial charge in [-0.15, -0.1) is 0 Å². The van der Waals surface area contributed by atoms with E-state index in [1.807, 2.05) is 0 Å². The summed E-state index contributed by atoms with van der Waals surface area (Å²) in [6.07, 6.45) is 0. The minimum atomic E-state index is -0.00820. The minimum absolute atomic E-state index is 0.00820. The minimum Gasteiger partial charge on any atom is -0.493 e. The van der Waals surface area contributed by atoms with E-state index in [-0.39, 0.29) is 5.54 Å². The Balaban J connectivity index is 2.39. The molecule has 0 amide bonds. The average molecular weight is 278 g/mol. The third-order valence-electron chi connectivity index (χ3n) is 4.30. The lowest BCUT2D eigenvalue weighted by atomic mass is 9.87. The molecule has 0 spiro atoms. The van der Waals surface area contributed by atoms with Gasteiger partial charge in [-0.3, -0.25) is 4.90 Å². The fourth-order valence-electron chi connectivity index (χ4n) is 3.03. The Hall–Kier alpha value is -1.26. The molecule has 1 N–H and O–H groups in total. The summed E-state index contributed by atoms with van der Waals surface area (Å²) in [7, 11) is 3.37. The first-order chi connectivity index (χ1) is 9.50. The third-order valence-corrected chi connectivity index (χ3v) is 4.30. The lowest BCUT2D eigenvalue weighted by Gasteiger charge is -2.42. The number of ether oxygens (including phenoxy) is 2. The summed E-state index contributed by atoms with van der Waals surface area (Å²) in [5.41, 5.74) is 2.54. The summed E-state index contributed by atoms with van der Waals surface area (Å²) in [4.78, 5) is 2.53. The van der Waals surface area contributed by atoms with Crippen LogP contribution in [0.15, 0.2) is 12.1 Å². The van der Waals surface area contributed by atoms with Gasteiger partial charge in [-0.05, 0) is 44.0 Å². The second kappa shape index (κ2) is 6.02. The molecule has 20 heavy (non-hydrogen) atoms. The highest BCUT2D eigenvalue weighted by Gasteiger charge is 2.31. The smallest absolute Gasteiger partial charge is 0.161 e. The highest BCUT2D eigenvalue weighted by Crippen LogP contribution is 2.37. The molecule has 1 aliphatic rings. The molecule has 0 aliphatic carbocycles. The molecule has 0 atom stereocenters. The van der Waals surface area contributed by atoms with E-state index in [0.717, 1.165) is 37.7 Å². The van der Waals surface area contributed by atoms with Crippen molar-refractivity contribution in [2.45, 2.75) is 26.3 Å². The molecule has 1 aromatic rings. The van der Waals surface area contributed by atoms with Gasteiger partial charge in [0.15, 0.2) is 11.5 Å². The number of hydrogen-bond donors (Lipinski definition) is 1. The van der Waals surface area contributed by atoms with E-state index in [2.05, 4.69) is 43.1 Å². The predicted octanol–water partition coefficient (Wildman–Crippen LogP) is 2.15. The van der Waals surface area contributed by atoms with E-state index < -0.39 is 0 Å². The SMILES string of the molecule is COc1cc(C)c(C(C)(C)N2CCNCC2)cc1OC. The van der Waals surface area contributed by atoms with Gasteiger partial charge in [0.1, 0.15) is 0 Å². The van der Waals surface area contributed by atoms with Gasteiger partial charge in [-0.1, -0.05) is 0 Å². The standard InChI is InChI=1S/C16H26N2O2/c1-12-10-14(19-4)15(20-5)11-13(12)16(2,3)18-8-6-17-7-9-18/h10-11,17H,6-9H2,1-5H3. The maximum Gasteiger partial charge on any atom is 0.161 e. The molecule has 1 aliphatic heterocycles. The van der Waals surface area contributed by atoms with Crippen LogP contribution in [0, 0.1) is 6.92 Å². The Kier molecular flexibility index (Phi) is 4.55. The molecule has 1 fully saturated rings. The van der Waals surface area contributed by atoms with Crippen molar-refractivity contribution in [1.82, 2.24) is 10.2 Å². The van der Waals surface area contributed by atoms with Crippen LogP contribution in [0.3, 0.4) is 0 Å². The van der Waals surface area contributed by atoms with E-state index in [0.29, 0.717) is 0 Å². The zero-order chi connectivity index (χ0) is 14.8. The number of hydrogen-bond acceptors (Lipinski definition) is 4. The van der Waals surface area contributed by atoms with Crippen LogP contribution in [0.1, 0.15) is 25.0 Å². The van der Waals surface area contributed by atoms with Gasteiger partial charge in [-0.25, -0.2) is 0 Å². The van der Waals surface area contributed by atoms with Crippen molar-refractivity contribution < 1.29 is 9.47 Å². The predicted molar refractivity (Wildman–Crippen MR) is 81.8 cm³/mol. The molecular formula is C16H26N2O2. The molecule has 1 aromatic carbocycles. The number of nitrogens with zero attached hydrogens (tertiary/aromatic N) is 1. The van der Waals surface area contributed by atoms with Gasteiger partial charge in [-0.2, -0.15) is 0 Å². The molecule has 4 nitrogen and oxygen atoms in total. The highest BCUT2D eigenvalue weighted by atomic mass is 16.5. The second-order valence-electron chi connectivity index (χ2n) is 5.82. The Morgan fingerprint density at radius 1 is 1.05 bits per heavy atom. The van der Waals surface area contributed by atoms with Crippen molar-refractivity contribution >= 4 is 0 Å². The molecule has 112 valence electrons. The van der Waals surface area contributed by atoms with Crippen molar-refractivity contribution in [3.05, 3.63) is 23.3 Å². The van der Waals surface area contributed by atoms with Crippen LogP contribution in [0.4, 0.5) is 0 Å². The van der Waals surface area contributed by atoms with E-state index >= 15 is 0 Å². The van der Waals surface area contributed by atoms with Crippen molar-refractivity contribution in [3.8, 4) is 11.5 Å². The van der Waals surface area contributed by atoms with Crippen LogP contribution in [0.25, 0.3) is 0 Å². The number of nitrogens with one attached hydrogen (secondary N) is 1. The number of methoxy groups -OCH3 is 2. The normalized spacial score (nSPS) is 17.1. The van der Waals surface area contributed by atoms with Gasteiger partial charge in [0.05, 0.1) is 14.2 Å². The summed E-state index contributed by atoms with van der Waals surface area (Å²) >= 11 is 0. The Morgan fingerprint density at radius 3 is 2.15 bits per heavy atom. The molecule has 0 unspecified atom stereocenters. The van der Waals surface area contributed by atoms with Crippen LogP contribution in [0.5, 0.6) is 11.5 Å². The fourth-order valence-corrected chi connectivity index (χ4v) is 3.03. The summed E-state index contributed by atoms with van der Waals surface area (Å²) in [6.45, 7) is 11.0. The first kappa shape index (κ1) is 15.1. The largest absolute Gasteiger partial charge is 0.493 e. The van der Waals surface area contributed by atoms with Crippen LogP contribution >= 0.6 is 0 Å². The maximum absolute atomic E-state index is 5.46. The summed E-state index contributed by atoms with van der Waals surface area (Å²) in [5.74, 6) is 1.60. The van der Waals surface area contributed by atoms with Crippen LogP contribution in [-0.4, -0.2) is 45.3 Å². The van der Waals surface area contributed by atoms with Crippen LogP contribution in [0.2, 0.25) is 0 Å². The zero-order valence-electron chi connectivity index (χ0n) is 13.2. The number of rotatable bonds is 4. The zero-order valence-corrected chi connectivity index (χ0v) is 13.2. The first-order valence-electron chi connectivity index (χ1n) is 7.19. The summed E-state index contributed by atoms with van der Waals surface area (Å²) in [6, 6.07) is 4.19. The van der Waals surface area contributed by atoms with Crippen LogP contribution < -0.4 is 14.8 Å². The van der Waals surface area contributed by atoms with Gasteiger partial charge < -0.3 is 14.8 Å². The molecule has 0 aromatic heterocycles. The topological polar surface area (TPSA) is 33.7 Å². The average Bonchev–Trinajstić information content (AvgIpc) is 2.47. The Morgan fingerprint density at radius 2 is 1.60 bits per heavy atom. The molecule has 2 rings (SSSR count). The van der Waals surface area contributed by atoms with Crippen LogP contribution in [-0.2, 0) is 5.54 Å². The van der Waals surface area contributed by atoms with Gasteiger partial charge >= 0.3 is 0 Å². The Labute approximate surface area is 122 Å². The molecule has 1 heterocycles. The van der Waals surface area contributed by atoms with E-state index in [9.17, 15) is 0 Å². The molecule has 4 heteroatoms. The van der Waals surface area contributed by atoms with Crippen molar-refractivity contribution in [3.63, 3.8) is 0 Å². The summed E-state index contributed by atoms with van der Waals surface area (Å²) in [5, 5.41) is 3.41. The van der Waals surface area contributed by atoms with Crippen molar-refractivity contribution in [2.75, 3.05) is 40.4 Å². The molecule has 0 bridgehead atoms. The number of benzene rings is 1. The molecule has 1 saturated heterocycles. The fraction of sp³-hybridized carbons (Fsp3) is 0.625. The lowest BCUT2D eigenvalue weighted by molar-refractivity contribution is 0.102. The van der Waals surface area contributed by atoms with Crippen molar-refractivity contribution in [1.29, 1.82) is 0 Å². The molecular weight excluding hydrogens is 252 g/mol. The third kappa shape index (κ3) is 2.76. The quantitative estimate of drug-likeness (QED) is 0.915. The second-order valence-corrected chi connectivity index (χ2v) is 5.82. The van der Waals surface area contributed by atoms with E-state index in [1.54, 1.807) is 14.2 Å². The van der Waals surface area contributed by atoms with Gasteiger partial charge in [0, 0.05) is 31.7 Å². The number of aryl methyl sites for hydroxylation is 1.